The smallest absolute Gasteiger partial charge is 0.216 e. The van der Waals surface area contributed by atoms with Gasteiger partial charge >= 0.3 is 0 Å². The van der Waals surface area contributed by atoms with Gasteiger partial charge in [-0.15, -0.1) is 161 Å². The molecular weight excluding hydrogens is 2170 g/mol. The Hall–Kier alpha value is -11.0. The van der Waals surface area contributed by atoms with E-state index < -0.39 is 59.3 Å². The average molecular weight is 2310 g/mol. The second kappa shape index (κ2) is 43.1. The molecule has 0 saturated heterocycles. The Morgan fingerprint density at radius 3 is 1.08 bits per heavy atom. The summed E-state index contributed by atoms with van der Waals surface area (Å²) in [5.41, 5.74) is 19.4. The number of aryl methyl sites for hydroxylation is 9. The zero-order chi connectivity index (χ0) is 109. The van der Waals surface area contributed by atoms with Gasteiger partial charge in [0.1, 0.15) is 0 Å². The van der Waals surface area contributed by atoms with E-state index in [1.165, 1.54) is 118 Å². The third-order valence-corrected chi connectivity index (χ3v) is 25.1. The van der Waals surface area contributed by atoms with Crippen LogP contribution in [0.2, 0.25) is 0 Å². The quantitative estimate of drug-likeness (QED) is 0.120. The van der Waals surface area contributed by atoms with Crippen LogP contribution in [0.3, 0.4) is 0 Å². The Kier molecular flexibility index (Phi) is 23.5. The van der Waals surface area contributed by atoms with Gasteiger partial charge in [-0.05, 0) is 257 Å². The van der Waals surface area contributed by atoms with E-state index >= 15 is 0 Å². The van der Waals surface area contributed by atoms with Crippen LogP contribution in [0.1, 0.15) is 246 Å². The molecule has 133 heavy (non-hydrogen) atoms. The van der Waals surface area contributed by atoms with Gasteiger partial charge in [-0.25, -0.2) is 15.0 Å². The van der Waals surface area contributed by atoms with Crippen molar-refractivity contribution in [2.24, 2.45) is 21.7 Å². The second-order valence-corrected chi connectivity index (χ2v) is 36.6. The van der Waals surface area contributed by atoms with Crippen molar-refractivity contribution in [2.45, 2.75) is 217 Å². The molecule has 0 bridgehead atoms. The van der Waals surface area contributed by atoms with Crippen molar-refractivity contribution in [1.29, 1.82) is 0 Å². The number of rotatable bonds is 10. The Bertz CT molecular complexity index is 7500. The summed E-state index contributed by atoms with van der Waals surface area (Å²) in [6, 6.07) is 77.0. The van der Waals surface area contributed by atoms with Crippen LogP contribution in [0.25, 0.3) is 134 Å². The largest absolute Gasteiger partial charge is 0.486 e. The fraction of sp³-hybridized carbons (Fsp3) is 0.314. The minimum atomic E-state index is -2.18. The van der Waals surface area contributed by atoms with Crippen LogP contribution in [0.5, 0.6) is 0 Å². The van der Waals surface area contributed by atoms with Crippen molar-refractivity contribution in [3.63, 3.8) is 0 Å². The molecule has 3 radical (unpaired) electrons. The number of fused-ring (bicyclic) bond motifs is 9. The second-order valence-electron chi connectivity index (χ2n) is 36.6. The first-order valence-electron chi connectivity index (χ1n) is 55.5. The molecule has 4 fully saturated rings. The van der Waals surface area contributed by atoms with E-state index in [2.05, 4.69) is 140 Å². The van der Waals surface area contributed by atoms with Gasteiger partial charge in [0.2, 0.25) is 17.1 Å². The number of nitrogens with zero attached hydrogens (tertiary/aromatic N) is 9. The Morgan fingerprint density at radius 1 is 0.361 bits per heavy atom. The molecule has 4 aliphatic carbocycles. The third kappa shape index (κ3) is 23.9. The van der Waals surface area contributed by atoms with E-state index in [1.807, 2.05) is 112 Å². The number of hydrogen-bond acceptors (Lipinski definition) is 12. The first-order chi connectivity index (χ1) is 71.5. The molecular formula is C118H117Ir3N9O3-6. The summed E-state index contributed by atoms with van der Waals surface area (Å²) in [4.78, 5) is 39.7. The van der Waals surface area contributed by atoms with Crippen LogP contribution in [0.4, 0.5) is 0 Å². The summed E-state index contributed by atoms with van der Waals surface area (Å²) in [5, 5.41) is 6.00. The maximum absolute atomic E-state index is 9.43. The monoisotopic (exact) mass is 2310 g/mol. The summed E-state index contributed by atoms with van der Waals surface area (Å²) >= 11 is 0. The molecule has 12 heterocycles. The number of pyridine rings is 9. The van der Waals surface area contributed by atoms with Gasteiger partial charge < -0.3 is 43.2 Å². The van der Waals surface area contributed by atoms with Crippen molar-refractivity contribution in [3.8, 4) is 67.5 Å². The van der Waals surface area contributed by atoms with E-state index in [0.717, 1.165) is 158 Å². The van der Waals surface area contributed by atoms with Gasteiger partial charge in [0.05, 0.1) is 16.7 Å². The van der Waals surface area contributed by atoms with Crippen LogP contribution in [-0.2, 0) is 66.7 Å². The molecule has 4 aliphatic rings. The predicted molar refractivity (Wildman–Crippen MR) is 530 cm³/mol. The molecule has 4 saturated carbocycles. The normalized spacial score (nSPS) is 18.9. The summed E-state index contributed by atoms with van der Waals surface area (Å²) in [6.07, 6.45) is 25.8. The summed E-state index contributed by atoms with van der Waals surface area (Å²) in [7, 11) is 0. The van der Waals surface area contributed by atoms with Crippen molar-refractivity contribution in [1.82, 2.24) is 44.9 Å². The molecule has 0 aliphatic heterocycles. The Morgan fingerprint density at radius 2 is 0.722 bits per heavy atom. The molecule has 18 aromatic rings. The van der Waals surface area contributed by atoms with Crippen molar-refractivity contribution >= 4 is 66.2 Å². The van der Waals surface area contributed by atoms with Gasteiger partial charge in [0.15, 0.2) is 0 Å². The van der Waals surface area contributed by atoms with Gasteiger partial charge in [-0.1, -0.05) is 191 Å². The van der Waals surface area contributed by atoms with E-state index in [9.17, 15) is 2.74 Å². The minimum absolute atomic E-state index is 0. The minimum Gasteiger partial charge on any atom is -0.486 e. The van der Waals surface area contributed by atoms with Gasteiger partial charge in [-0.3, -0.25) is 0 Å². The summed E-state index contributed by atoms with van der Waals surface area (Å²) in [6.45, 7) is 4.08. The average Bonchev–Trinajstić information content (AvgIpc) is 1.35. The molecule has 0 unspecified atom stereocenters. The zero-order valence-electron chi connectivity index (χ0n) is 97.6. The van der Waals surface area contributed by atoms with Crippen LogP contribution in [0.15, 0.2) is 251 Å². The Labute approximate surface area is 856 Å². The molecule has 12 aromatic heterocycles. The first-order valence-corrected chi connectivity index (χ1v) is 44.5. The fourth-order valence-corrected chi connectivity index (χ4v) is 19.0. The van der Waals surface area contributed by atoms with Crippen molar-refractivity contribution < 1.29 is 104 Å². The molecule has 15 heteroatoms. The standard InChI is InChI=1S/C28H29N2O.C27H29N2O.C24H23N2O.3C13H12N.3Ir/c1-19-8-9-23-22-6-5-7-24(26(22)31-27(23)30-19)25-18-21(12-17-29-25)20-10-15-28(16-11-20)13-3-2-4-14-28;1-17-9-10-21-20-7-6-8-22(24(20)30-25(21)29-17)23-13-18(11-12-28-23)19-14-26(2,3)16-27(4,5)15-19;1-16-8-9-19-18-6-5-7-20(22(18)27-23(19)26-16)21-14-17(10-13-25-21)15-24(2)11-3-4-12-24;3*1-10-3-6-12(7-4-10)13-8-5-11(2)9-14-13;;;/h5-6,8-9,12,17-18,20H,2-4,10-11,13-16H2,1H3;6-7,9-13,19H,14-16H2,1-5H3;5-6,8-10,13-14H,3-4,11-12,15H2,1-2H3;3*3-6,8-9H,1-2H3;;;/q6*-1;;;/i20D;19D;15D2;3*1D3,2D3;;;. The van der Waals surface area contributed by atoms with E-state index in [-0.39, 0.29) is 110 Å². The molecule has 0 N–H and O–H groups in total. The van der Waals surface area contributed by atoms with Crippen LogP contribution < -0.4 is 0 Å². The number of furan rings is 3. The maximum Gasteiger partial charge on any atom is 0.216 e. The zero-order valence-corrected chi connectivity index (χ0v) is 82.8. The van der Waals surface area contributed by atoms with Crippen molar-refractivity contribution in [2.75, 3.05) is 0 Å². The predicted octanol–water partition coefficient (Wildman–Crippen LogP) is 31.0. The van der Waals surface area contributed by atoms with Gasteiger partial charge in [-0.2, -0.15) is 0 Å². The van der Waals surface area contributed by atoms with E-state index in [1.54, 1.807) is 48.7 Å². The Balaban J connectivity index is 0.000000147. The molecule has 685 valence electrons. The van der Waals surface area contributed by atoms with Crippen molar-refractivity contribution in [3.05, 3.63) is 341 Å². The topological polar surface area (TPSA) is 155 Å². The molecule has 1 spiro atoms. The van der Waals surface area contributed by atoms with E-state index in [0.29, 0.717) is 73.2 Å². The summed E-state index contributed by atoms with van der Waals surface area (Å²) in [5.74, 6) is -1.16. The molecule has 6 aromatic carbocycles. The number of hydrogen-bond donors (Lipinski definition) is 0. The van der Waals surface area contributed by atoms with Gasteiger partial charge in [0, 0.05) is 161 Å². The number of benzene rings is 6. The molecule has 22 rings (SSSR count). The molecule has 0 atom stereocenters. The fourth-order valence-electron chi connectivity index (χ4n) is 19.0. The SMILES string of the molecule is [2H]C([2H])([2H])c1c[c-]c(-c2ccc(C([2H])([2H])[2H])cn2)cc1.[2H]C([2H])([2H])c1c[c-]c(-c2ccc(C([2H])([2H])[2H])cn2)cc1.[2H]C([2H])([2H])c1c[c-]c(-c2ccc(C([2H])([2H])[2H])cn2)cc1.[2H]C([2H])(c1ccnc(-c2[c-]ccc3c2oc2nc(C)ccc23)c1)C1(C)CCCC1.[2H]C1(c2ccnc(-c3[c-]ccc4c3oc3nc(C)ccc34)c2)CC(C)(C)CC(C)(C)C1.[2H]C1(c2ccnc(-c3[c-]ccc4c3oc3nc(C)ccc34)c2)CCC2(CCCCC2)CC1.[Ir].[Ir].[Ir]. The number of aromatic nitrogens is 9. The maximum atomic E-state index is 9.43. The van der Waals surface area contributed by atoms with Crippen LogP contribution in [-0.4, -0.2) is 44.9 Å². The van der Waals surface area contributed by atoms with Crippen LogP contribution in [0, 0.1) is 120 Å². The van der Waals surface area contributed by atoms with Gasteiger partial charge in [0.25, 0.3) is 0 Å². The first kappa shape index (κ1) is 72.5. The summed E-state index contributed by atoms with van der Waals surface area (Å²) < 4.78 is 186. The molecule has 12 nitrogen and oxygen atoms in total. The molecule has 0 amide bonds. The third-order valence-electron chi connectivity index (χ3n) is 25.1. The van der Waals surface area contributed by atoms with E-state index in [4.69, 9.17) is 40.7 Å². The van der Waals surface area contributed by atoms with Crippen LogP contribution >= 0.6 is 0 Å².